The van der Waals surface area contributed by atoms with E-state index in [1.807, 2.05) is 6.92 Å². The minimum absolute atomic E-state index is 0. The Bertz CT molecular complexity index is 727. The van der Waals surface area contributed by atoms with Crippen LogP contribution >= 0.6 is 46.9 Å². The summed E-state index contributed by atoms with van der Waals surface area (Å²) in [6, 6.07) is 8.57. The van der Waals surface area contributed by atoms with Crippen molar-refractivity contribution in [1.29, 1.82) is 0 Å². The van der Waals surface area contributed by atoms with Gasteiger partial charge in [-0.15, -0.1) is 35.3 Å². The standard InChI is InChI=1S/C17H22ClN3O3S.HI/c1-3-19-17(21-10-14(23)15-6-7-16(18)25-15)20-9-11-8-12(24-2)4-5-13(11)22;/h4-8,14,22-23H,3,9-10H2,1-2H3,(H2,19,20,21);1H. The Kier molecular flexibility index (Phi) is 10.1. The second kappa shape index (κ2) is 11.5. The molecule has 1 unspecified atom stereocenters. The van der Waals surface area contributed by atoms with Crippen LogP contribution < -0.4 is 15.4 Å². The third-order valence-electron chi connectivity index (χ3n) is 3.42. The van der Waals surface area contributed by atoms with E-state index < -0.39 is 6.10 Å². The first-order chi connectivity index (χ1) is 12.0. The molecule has 4 N–H and O–H groups in total. The molecule has 2 rings (SSSR count). The summed E-state index contributed by atoms with van der Waals surface area (Å²) in [5, 5.41) is 26.3. The molecule has 9 heteroatoms. The van der Waals surface area contributed by atoms with Crippen molar-refractivity contribution in [2.75, 3.05) is 20.2 Å². The lowest BCUT2D eigenvalue weighted by Gasteiger charge is -2.14. The number of ether oxygens (including phenoxy) is 1. The van der Waals surface area contributed by atoms with Gasteiger partial charge in [0.1, 0.15) is 17.6 Å². The van der Waals surface area contributed by atoms with Gasteiger partial charge in [0.15, 0.2) is 5.96 Å². The number of halogens is 2. The largest absolute Gasteiger partial charge is 0.508 e. The number of benzene rings is 1. The number of phenols is 1. The van der Waals surface area contributed by atoms with Crippen molar-refractivity contribution >= 4 is 52.9 Å². The quantitative estimate of drug-likeness (QED) is 0.260. The van der Waals surface area contributed by atoms with Crippen LogP contribution in [0.1, 0.15) is 23.5 Å². The molecule has 26 heavy (non-hydrogen) atoms. The molecule has 2 aromatic rings. The molecule has 0 aliphatic heterocycles. The van der Waals surface area contributed by atoms with Crippen molar-refractivity contribution in [2.45, 2.75) is 19.6 Å². The molecular weight excluding hydrogens is 489 g/mol. The lowest BCUT2D eigenvalue weighted by molar-refractivity contribution is 0.184. The molecule has 0 radical (unpaired) electrons. The monoisotopic (exact) mass is 511 g/mol. The van der Waals surface area contributed by atoms with Gasteiger partial charge in [-0.05, 0) is 37.3 Å². The summed E-state index contributed by atoms with van der Waals surface area (Å²) in [6.07, 6.45) is -0.674. The van der Waals surface area contributed by atoms with Crippen LogP contribution in [-0.2, 0) is 6.54 Å². The molecule has 0 fully saturated rings. The van der Waals surface area contributed by atoms with E-state index in [0.29, 0.717) is 34.7 Å². The van der Waals surface area contributed by atoms with Crippen LogP contribution in [0.25, 0.3) is 0 Å². The highest BCUT2D eigenvalue weighted by molar-refractivity contribution is 14.0. The number of aromatic hydroxyl groups is 1. The highest BCUT2D eigenvalue weighted by atomic mass is 127. The second-order valence-electron chi connectivity index (χ2n) is 5.23. The molecule has 6 nitrogen and oxygen atoms in total. The Morgan fingerprint density at radius 2 is 2.08 bits per heavy atom. The zero-order valence-electron chi connectivity index (χ0n) is 14.5. The van der Waals surface area contributed by atoms with Crippen LogP contribution in [0.3, 0.4) is 0 Å². The first-order valence-electron chi connectivity index (χ1n) is 7.84. The van der Waals surface area contributed by atoms with E-state index in [0.717, 1.165) is 4.88 Å². The van der Waals surface area contributed by atoms with Gasteiger partial charge in [-0.1, -0.05) is 11.6 Å². The number of nitrogens with one attached hydrogen (secondary N) is 2. The van der Waals surface area contributed by atoms with Crippen molar-refractivity contribution in [3.63, 3.8) is 0 Å². The molecule has 1 aromatic heterocycles. The number of aliphatic hydroxyl groups excluding tert-OH is 1. The normalized spacial score (nSPS) is 12.2. The van der Waals surface area contributed by atoms with Gasteiger partial charge >= 0.3 is 0 Å². The van der Waals surface area contributed by atoms with Crippen molar-refractivity contribution in [1.82, 2.24) is 10.6 Å². The molecule has 0 amide bonds. The van der Waals surface area contributed by atoms with Crippen molar-refractivity contribution in [3.8, 4) is 11.5 Å². The molecule has 0 aliphatic rings. The summed E-state index contributed by atoms with van der Waals surface area (Å²) in [5.41, 5.74) is 0.655. The van der Waals surface area contributed by atoms with Gasteiger partial charge < -0.3 is 25.6 Å². The highest BCUT2D eigenvalue weighted by Crippen LogP contribution is 2.26. The highest BCUT2D eigenvalue weighted by Gasteiger charge is 2.11. The Morgan fingerprint density at radius 1 is 1.31 bits per heavy atom. The summed E-state index contributed by atoms with van der Waals surface area (Å²) in [5.74, 6) is 1.37. The van der Waals surface area contributed by atoms with Crippen LogP contribution in [0.15, 0.2) is 35.3 Å². The maximum absolute atomic E-state index is 10.2. The molecule has 1 heterocycles. The van der Waals surface area contributed by atoms with E-state index in [-0.39, 0.29) is 36.3 Å². The fourth-order valence-corrected chi connectivity index (χ4v) is 3.17. The van der Waals surface area contributed by atoms with Gasteiger partial charge in [0.25, 0.3) is 0 Å². The topological polar surface area (TPSA) is 86.1 Å². The molecule has 0 spiro atoms. The third-order valence-corrected chi connectivity index (χ3v) is 4.76. The van der Waals surface area contributed by atoms with E-state index in [1.165, 1.54) is 11.3 Å². The van der Waals surface area contributed by atoms with Crippen LogP contribution in [0, 0.1) is 0 Å². The SMILES string of the molecule is CCNC(=NCc1cc(OC)ccc1O)NCC(O)c1ccc(Cl)s1.I. The summed E-state index contributed by atoms with van der Waals surface area (Å²) in [4.78, 5) is 5.23. The number of hydrogen-bond acceptors (Lipinski definition) is 5. The number of methoxy groups -OCH3 is 1. The number of thiophene rings is 1. The molecule has 0 aliphatic carbocycles. The van der Waals surface area contributed by atoms with Crippen molar-refractivity contribution < 1.29 is 14.9 Å². The van der Waals surface area contributed by atoms with Crippen LogP contribution in [0.5, 0.6) is 11.5 Å². The van der Waals surface area contributed by atoms with Gasteiger partial charge in [-0.2, -0.15) is 0 Å². The van der Waals surface area contributed by atoms with E-state index >= 15 is 0 Å². The van der Waals surface area contributed by atoms with Crippen LogP contribution in [-0.4, -0.2) is 36.4 Å². The van der Waals surface area contributed by atoms with Crippen LogP contribution in [0.2, 0.25) is 4.34 Å². The van der Waals surface area contributed by atoms with Gasteiger partial charge in [-0.3, -0.25) is 0 Å². The summed E-state index contributed by atoms with van der Waals surface area (Å²) < 4.78 is 5.80. The fraction of sp³-hybridized carbons (Fsp3) is 0.353. The van der Waals surface area contributed by atoms with Gasteiger partial charge in [0.2, 0.25) is 0 Å². The summed E-state index contributed by atoms with van der Waals surface area (Å²) in [7, 11) is 1.57. The zero-order valence-corrected chi connectivity index (χ0v) is 18.4. The average molecular weight is 512 g/mol. The maximum Gasteiger partial charge on any atom is 0.191 e. The zero-order chi connectivity index (χ0) is 18.2. The average Bonchev–Trinajstić information content (AvgIpc) is 3.05. The number of guanidine groups is 1. The fourth-order valence-electron chi connectivity index (χ4n) is 2.12. The lowest BCUT2D eigenvalue weighted by atomic mass is 10.2. The molecule has 144 valence electrons. The maximum atomic E-state index is 10.2. The van der Waals surface area contributed by atoms with Crippen LogP contribution in [0.4, 0.5) is 0 Å². The Hall–Kier alpha value is -1.23. The predicted octanol–water partition coefficient (Wildman–Crippen LogP) is 3.52. The first kappa shape index (κ1) is 22.8. The number of aliphatic hydroxyl groups is 1. The molecule has 0 bridgehead atoms. The number of aliphatic imine (C=N–C) groups is 1. The second-order valence-corrected chi connectivity index (χ2v) is 6.98. The first-order valence-corrected chi connectivity index (χ1v) is 9.04. The molecule has 0 saturated heterocycles. The summed E-state index contributed by atoms with van der Waals surface area (Å²) >= 11 is 7.24. The number of phenolic OH excluding ortho intramolecular Hbond substituents is 1. The van der Waals surface area contributed by atoms with E-state index in [4.69, 9.17) is 16.3 Å². The van der Waals surface area contributed by atoms with Crippen molar-refractivity contribution in [2.24, 2.45) is 4.99 Å². The molecular formula is C17H23ClIN3O3S. The van der Waals surface area contributed by atoms with Gasteiger partial charge in [0, 0.05) is 23.5 Å². The Balaban J connectivity index is 0.00000338. The third kappa shape index (κ3) is 6.82. The van der Waals surface area contributed by atoms with Gasteiger partial charge in [0.05, 0.1) is 18.0 Å². The molecule has 1 aromatic carbocycles. The molecule has 0 saturated carbocycles. The minimum atomic E-state index is -0.674. The number of rotatable bonds is 7. The van der Waals surface area contributed by atoms with Gasteiger partial charge in [-0.25, -0.2) is 4.99 Å². The number of hydrogen-bond donors (Lipinski definition) is 4. The minimum Gasteiger partial charge on any atom is -0.508 e. The number of nitrogens with zero attached hydrogens (tertiary/aromatic N) is 1. The smallest absolute Gasteiger partial charge is 0.191 e. The summed E-state index contributed by atoms with van der Waals surface area (Å²) in [6.45, 7) is 3.21. The lowest BCUT2D eigenvalue weighted by Crippen LogP contribution is -2.39. The van der Waals surface area contributed by atoms with E-state index in [2.05, 4.69) is 15.6 Å². The van der Waals surface area contributed by atoms with E-state index in [9.17, 15) is 10.2 Å². The Morgan fingerprint density at radius 3 is 2.69 bits per heavy atom. The predicted molar refractivity (Wildman–Crippen MR) is 117 cm³/mol. The van der Waals surface area contributed by atoms with Crippen molar-refractivity contribution in [3.05, 3.63) is 45.1 Å². The Labute approximate surface area is 179 Å². The van der Waals surface area contributed by atoms with E-state index in [1.54, 1.807) is 37.4 Å². The molecule has 1 atom stereocenters.